The number of nitrogens with one attached hydrogen (secondary N) is 1. The molecule has 0 amide bonds. The van der Waals surface area contributed by atoms with Crippen molar-refractivity contribution in [2.75, 3.05) is 0 Å². The fraction of sp³-hybridized carbons (Fsp3) is 0.200. The van der Waals surface area contributed by atoms with Gasteiger partial charge in [0.2, 0.25) is 0 Å². The van der Waals surface area contributed by atoms with Gasteiger partial charge in [0.05, 0.1) is 5.39 Å². The molecule has 0 saturated heterocycles. The van der Waals surface area contributed by atoms with Crippen LogP contribution in [0.3, 0.4) is 0 Å². The molecule has 0 aliphatic heterocycles. The highest BCUT2D eigenvalue weighted by atomic mass is 32.1. The molecule has 0 spiro atoms. The molecule has 1 aliphatic rings. The van der Waals surface area contributed by atoms with Crippen LogP contribution in [0.2, 0.25) is 0 Å². The summed E-state index contributed by atoms with van der Waals surface area (Å²) in [5.41, 5.74) is 1.97. The van der Waals surface area contributed by atoms with Gasteiger partial charge in [0.15, 0.2) is 0 Å². The highest BCUT2D eigenvalue weighted by molar-refractivity contribution is 7.18. The van der Waals surface area contributed by atoms with E-state index < -0.39 is 0 Å². The molecule has 124 valence electrons. The third kappa shape index (κ3) is 2.19. The first-order chi connectivity index (χ1) is 12.2. The van der Waals surface area contributed by atoms with Crippen LogP contribution in [0.5, 0.6) is 5.75 Å². The van der Waals surface area contributed by atoms with E-state index >= 15 is 0 Å². The van der Waals surface area contributed by atoms with E-state index in [0.29, 0.717) is 5.82 Å². The minimum Gasteiger partial charge on any atom is -0.507 e. The quantitative estimate of drug-likeness (QED) is 0.536. The Balaban J connectivity index is 1.80. The lowest BCUT2D eigenvalue weighted by Crippen LogP contribution is -2.11. The second kappa shape index (κ2) is 5.43. The largest absolute Gasteiger partial charge is 0.507 e. The first-order valence-corrected chi connectivity index (χ1v) is 9.29. The molecule has 5 rings (SSSR count). The molecule has 5 heteroatoms. The lowest BCUT2D eigenvalue weighted by molar-refractivity contribution is 0.481. The monoisotopic (exact) mass is 348 g/mol. The zero-order chi connectivity index (χ0) is 17.0. The zero-order valence-electron chi connectivity index (χ0n) is 13.5. The van der Waals surface area contributed by atoms with E-state index in [-0.39, 0.29) is 11.3 Å². The lowest BCUT2D eigenvalue weighted by atomic mass is 9.97. The maximum atomic E-state index is 12.8. The lowest BCUT2D eigenvalue weighted by Gasteiger charge is -2.10. The van der Waals surface area contributed by atoms with Crippen molar-refractivity contribution in [2.45, 2.75) is 25.7 Å². The number of aromatic nitrogens is 2. The number of nitrogens with zero attached hydrogens (tertiary/aromatic N) is 1. The molecular weight excluding hydrogens is 332 g/mol. The average Bonchev–Trinajstić information content (AvgIpc) is 3.01. The number of benzene rings is 2. The summed E-state index contributed by atoms with van der Waals surface area (Å²) in [6.07, 6.45) is 4.35. The van der Waals surface area contributed by atoms with Crippen molar-refractivity contribution >= 4 is 32.3 Å². The molecule has 0 bridgehead atoms. The van der Waals surface area contributed by atoms with Gasteiger partial charge >= 0.3 is 0 Å². The van der Waals surface area contributed by atoms with Crippen molar-refractivity contribution < 1.29 is 5.11 Å². The second-order valence-corrected chi connectivity index (χ2v) is 7.57. The number of aromatic hydroxyl groups is 1. The summed E-state index contributed by atoms with van der Waals surface area (Å²) in [5, 5.41) is 12.5. The van der Waals surface area contributed by atoms with Crippen molar-refractivity contribution in [1.82, 2.24) is 9.97 Å². The minimum atomic E-state index is -0.0587. The number of phenolic OH excluding ortho intramolecular Hbond substituents is 1. The molecule has 2 aromatic carbocycles. The molecular formula is C20H16N2O2S. The van der Waals surface area contributed by atoms with Crippen LogP contribution < -0.4 is 5.56 Å². The predicted molar refractivity (Wildman–Crippen MR) is 101 cm³/mol. The van der Waals surface area contributed by atoms with Crippen molar-refractivity contribution in [3.63, 3.8) is 0 Å². The number of H-pyrrole nitrogens is 1. The Bertz CT molecular complexity index is 1190. The fourth-order valence-electron chi connectivity index (χ4n) is 3.78. The van der Waals surface area contributed by atoms with Gasteiger partial charge in [0.25, 0.3) is 5.56 Å². The Labute approximate surface area is 147 Å². The molecule has 25 heavy (non-hydrogen) atoms. The Kier molecular flexibility index (Phi) is 3.18. The summed E-state index contributed by atoms with van der Waals surface area (Å²) in [5.74, 6) is 0.793. The highest BCUT2D eigenvalue weighted by Gasteiger charge is 2.20. The first-order valence-electron chi connectivity index (χ1n) is 8.48. The van der Waals surface area contributed by atoms with Gasteiger partial charge in [0.1, 0.15) is 16.4 Å². The number of aryl methyl sites for hydroxylation is 2. The van der Waals surface area contributed by atoms with E-state index in [9.17, 15) is 9.90 Å². The van der Waals surface area contributed by atoms with Crippen LogP contribution in [0.1, 0.15) is 23.3 Å². The number of fused-ring (bicyclic) bond motifs is 4. The summed E-state index contributed by atoms with van der Waals surface area (Å²) in [7, 11) is 0. The Morgan fingerprint density at radius 2 is 1.84 bits per heavy atom. The molecule has 0 radical (unpaired) electrons. The number of aromatic amines is 1. The normalized spacial score (nSPS) is 14.1. The van der Waals surface area contributed by atoms with Crippen molar-refractivity contribution in [1.29, 1.82) is 0 Å². The van der Waals surface area contributed by atoms with Crippen molar-refractivity contribution in [3.05, 3.63) is 57.2 Å². The molecule has 2 heterocycles. The molecule has 0 unspecified atom stereocenters. The summed E-state index contributed by atoms with van der Waals surface area (Å²) < 4.78 is 0. The van der Waals surface area contributed by atoms with Gasteiger partial charge in [-0.05, 0) is 48.8 Å². The number of rotatable bonds is 1. The number of thiophene rings is 1. The van der Waals surface area contributed by atoms with Gasteiger partial charge in [-0.25, -0.2) is 4.98 Å². The maximum Gasteiger partial charge on any atom is 0.260 e. The van der Waals surface area contributed by atoms with Crippen LogP contribution in [0.25, 0.3) is 32.4 Å². The Morgan fingerprint density at radius 3 is 2.72 bits per heavy atom. The molecule has 0 atom stereocenters. The SMILES string of the molecule is O=c1[nH]c(-c2ccc(O)c3ccccc23)nc2sc3c(c12)CCCC3. The highest BCUT2D eigenvalue weighted by Crippen LogP contribution is 2.36. The summed E-state index contributed by atoms with van der Waals surface area (Å²) >= 11 is 1.65. The van der Waals surface area contributed by atoms with Gasteiger partial charge in [-0.2, -0.15) is 0 Å². The number of phenols is 1. The summed E-state index contributed by atoms with van der Waals surface area (Å²) in [6.45, 7) is 0. The van der Waals surface area contributed by atoms with E-state index in [4.69, 9.17) is 4.98 Å². The number of hydrogen-bond donors (Lipinski definition) is 2. The van der Waals surface area contributed by atoms with Crippen molar-refractivity contribution in [2.24, 2.45) is 0 Å². The molecule has 4 nitrogen and oxygen atoms in total. The second-order valence-electron chi connectivity index (χ2n) is 6.48. The van der Waals surface area contributed by atoms with Gasteiger partial charge in [0, 0.05) is 15.8 Å². The van der Waals surface area contributed by atoms with Crippen LogP contribution in [0.4, 0.5) is 0 Å². The van der Waals surface area contributed by atoms with Gasteiger partial charge in [-0.15, -0.1) is 11.3 Å². The summed E-state index contributed by atoms with van der Waals surface area (Å²) in [4.78, 5) is 22.6. The standard InChI is InChI=1S/C20H16N2O2S/c23-15-10-9-13(11-5-1-2-6-12(11)15)18-21-19(24)17-14-7-3-4-8-16(14)25-20(17)22-18/h1-2,5-6,9-10,23H,3-4,7-8H2,(H,21,22,24). The zero-order valence-corrected chi connectivity index (χ0v) is 14.3. The Morgan fingerprint density at radius 1 is 1.04 bits per heavy atom. The molecule has 1 aliphatic carbocycles. The summed E-state index contributed by atoms with van der Waals surface area (Å²) in [6, 6.07) is 11.1. The van der Waals surface area contributed by atoms with E-state index in [1.54, 1.807) is 17.4 Å². The maximum absolute atomic E-state index is 12.8. The third-order valence-electron chi connectivity index (χ3n) is 4.98. The van der Waals surface area contributed by atoms with Gasteiger partial charge in [-0.3, -0.25) is 4.79 Å². The number of hydrogen-bond acceptors (Lipinski definition) is 4. The minimum absolute atomic E-state index is 0.0587. The average molecular weight is 348 g/mol. The third-order valence-corrected chi connectivity index (χ3v) is 6.17. The van der Waals surface area contributed by atoms with Crippen LogP contribution in [0.15, 0.2) is 41.2 Å². The van der Waals surface area contributed by atoms with Crippen LogP contribution >= 0.6 is 11.3 Å². The molecule has 0 fully saturated rings. The van der Waals surface area contributed by atoms with Gasteiger partial charge < -0.3 is 10.1 Å². The molecule has 4 aromatic rings. The molecule has 2 aromatic heterocycles. The first kappa shape index (κ1) is 14.7. The van der Waals surface area contributed by atoms with E-state index in [1.807, 2.05) is 30.3 Å². The van der Waals surface area contributed by atoms with Crippen molar-refractivity contribution in [3.8, 4) is 17.1 Å². The van der Waals surface area contributed by atoms with E-state index in [2.05, 4.69) is 4.98 Å². The Hall–Kier alpha value is -2.66. The smallest absolute Gasteiger partial charge is 0.260 e. The predicted octanol–water partition coefficient (Wildman–Crippen LogP) is 4.39. The van der Waals surface area contributed by atoms with E-state index in [1.165, 1.54) is 16.9 Å². The van der Waals surface area contributed by atoms with Crippen LogP contribution in [-0.2, 0) is 12.8 Å². The van der Waals surface area contributed by atoms with Gasteiger partial charge in [-0.1, -0.05) is 24.3 Å². The molecule has 2 N–H and O–H groups in total. The van der Waals surface area contributed by atoms with Crippen LogP contribution in [-0.4, -0.2) is 15.1 Å². The molecule has 0 saturated carbocycles. The van der Waals surface area contributed by atoms with Crippen LogP contribution in [0, 0.1) is 0 Å². The fourth-order valence-corrected chi connectivity index (χ4v) is 5.04. The topological polar surface area (TPSA) is 66.0 Å². The van der Waals surface area contributed by atoms with E-state index in [0.717, 1.165) is 45.8 Å².